The Morgan fingerprint density at radius 3 is 2.56 bits per heavy atom. The van der Waals surface area contributed by atoms with Crippen molar-refractivity contribution in [1.82, 2.24) is 0 Å². The van der Waals surface area contributed by atoms with E-state index in [9.17, 15) is 4.79 Å². The minimum atomic E-state index is -0.620. The fourth-order valence-corrected chi connectivity index (χ4v) is 1.81. The summed E-state index contributed by atoms with van der Waals surface area (Å²) in [5.41, 5.74) is 11.9. The Morgan fingerprint density at radius 1 is 1.12 bits per heavy atom. The summed E-state index contributed by atoms with van der Waals surface area (Å²) >= 11 is 0. The van der Waals surface area contributed by atoms with Gasteiger partial charge >= 0.3 is 0 Å². The molecule has 82 valence electrons. The van der Waals surface area contributed by atoms with Gasteiger partial charge < -0.3 is 11.5 Å². The van der Waals surface area contributed by atoms with E-state index in [2.05, 4.69) is 0 Å². The molecule has 1 atom stereocenters. The minimum absolute atomic E-state index is 0.465. The van der Waals surface area contributed by atoms with Gasteiger partial charge in [-0.25, -0.2) is 0 Å². The molecule has 4 N–H and O–H groups in total. The van der Waals surface area contributed by atoms with Crippen LogP contribution in [0.15, 0.2) is 42.5 Å². The number of hydrogen-bond acceptors (Lipinski definition) is 2. The lowest BCUT2D eigenvalue weighted by Gasteiger charge is -2.10. The molecule has 0 saturated carbocycles. The first-order valence-electron chi connectivity index (χ1n) is 5.20. The predicted molar refractivity (Wildman–Crippen MR) is 64.8 cm³/mol. The zero-order valence-corrected chi connectivity index (χ0v) is 8.89. The first-order chi connectivity index (χ1) is 7.68. The maximum absolute atomic E-state index is 10.9. The molecule has 0 bridgehead atoms. The molecule has 0 aliphatic rings. The standard InChI is InChI=1S/C13H14N2O/c14-12(13(15)16)8-10-6-3-5-9-4-1-2-7-11(9)10/h1-7,12H,8,14H2,(H2,15,16)/t12-/m0/s1. The van der Waals surface area contributed by atoms with E-state index >= 15 is 0 Å². The van der Waals surface area contributed by atoms with Crippen molar-refractivity contribution in [2.24, 2.45) is 11.5 Å². The molecular weight excluding hydrogens is 200 g/mol. The average molecular weight is 214 g/mol. The maximum Gasteiger partial charge on any atom is 0.234 e. The van der Waals surface area contributed by atoms with E-state index < -0.39 is 11.9 Å². The van der Waals surface area contributed by atoms with Gasteiger partial charge in [0.25, 0.3) is 0 Å². The van der Waals surface area contributed by atoms with Gasteiger partial charge in [-0.15, -0.1) is 0 Å². The monoisotopic (exact) mass is 214 g/mol. The number of carbonyl (C=O) groups is 1. The largest absolute Gasteiger partial charge is 0.368 e. The van der Waals surface area contributed by atoms with E-state index in [1.165, 1.54) is 0 Å². The highest BCUT2D eigenvalue weighted by atomic mass is 16.1. The van der Waals surface area contributed by atoms with Crippen molar-refractivity contribution < 1.29 is 4.79 Å². The Morgan fingerprint density at radius 2 is 1.81 bits per heavy atom. The summed E-state index contributed by atoms with van der Waals surface area (Å²) < 4.78 is 0. The van der Waals surface area contributed by atoms with Gasteiger partial charge in [-0.05, 0) is 22.8 Å². The summed E-state index contributed by atoms with van der Waals surface area (Å²) in [5.74, 6) is -0.465. The number of carbonyl (C=O) groups excluding carboxylic acids is 1. The maximum atomic E-state index is 10.9. The second kappa shape index (κ2) is 4.33. The predicted octanol–water partition coefficient (Wildman–Crippen LogP) is 1.19. The lowest BCUT2D eigenvalue weighted by Crippen LogP contribution is -2.38. The van der Waals surface area contributed by atoms with Gasteiger partial charge in [0.05, 0.1) is 6.04 Å². The fraction of sp³-hybridized carbons (Fsp3) is 0.154. The molecule has 0 fully saturated rings. The molecular formula is C13H14N2O. The van der Waals surface area contributed by atoms with Crippen molar-refractivity contribution in [3.8, 4) is 0 Å². The molecule has 0 spiro atoms. The molecule has 0 unspecified atom stereocenters. The smallest absolute Gasteiger partial charge is 0.234 e. The summed E-state index contributed by atoms with van der Waals surface area (Å²) in [6.45, 7) is 0. The van der Waals surface area contributed by atoms with Gasteiger partial charge in [-0.2, -0.15) is 0 Å². The molecule has 1 amide bonds. The van der Waals surface area contributed by atoms with Crippen LogP contribution in [0, 0.1) is 0 Å². The van der Waals surface area contributed by atoms with Crippen LogP contribution in [0.1, 0.15) is 5.56 Å². The van der Waals surface area contributed by atoms with Crippen LogP contribution in [0.5, 0.6) is 0 Å². The van der Waals surface area contributed by atoms with Gasteiger partial charge in [-0.3, -0.25) is 4.79 Å². The van der Waals surface area contributed by atoms with Crippen LogP contribution in [0.2, 0.25) is 0 Å². The van der Waals surface area contributed by atoms with Crippen molar-refractivity contribution in [1.29, 1.82) is 0 Å². The molecule has 0 aliphatic heterocycles. The normalized spacial score (nSPS) is 12.6. The molecule has 2 aromatic rings. The number of benzene rings is 2. The zero-order chi connectivity index (χ0) is 11.5. The lowest BCUT2D eigenvalue weighted by atomic mass is 9.99. The van der Waals surface area contributed by atoms with E-state index in [4.69, 9.17) is 11.5 Å². The molecule has 0 aromatic heterocycles. The van der Waals surface area contributed by atoms with Crippen LogP contribution >= 0.6 is 0 Å². The van der Waals surface area contributed by atoms with Crippen LogP contribution in [0.25, 0.3) is 10.8 Å². The number of amides is 1. The Kier molecular flexibility index (Phi) is 2.88. The number of fused-ring (bicyclic) bond motifs is 1. The summed E-state index contributed by atoms with van der Waals surface area (Å²) in [7, 11) is 0. The summed E-state index contributed by atoms with van der Waals surface area (Å²) in [6.07, 6.45) is 0.483. The summed E-state index contributed by atoms with van der Waals surface area (Å²) in [4.78, 5) is 10.9. The van der Waals surface area contributed by atoms with Crippen LogP contribution in [-0.4, -0.2) is 11.9 Å². The van der Waals surface area contributed by atoms with Gasteiger partial charge in [0.15, 0.2) is 0 Å². The first-order valence-corrected chi connectivity index (χ1v) is 5.20. The Bertz CT molecular complexity index is 517. The number of nitrogens with two attached hydrogens (primary N) is 2. The molecule has 2 aromatic carbocycles. The van der Waals surface area contributed by atoms with Crippen molar-refractivity contribution >= 4 is 16.7 Å². The molecule has 0 saturated heterocycles. The third kappa shape index (κ3) is 2.04. The van der Waals surface area contributed by atoms with Crippen LogP contribution < -0.4 is 11.5 Å². The molecule has 16 heavy (non-hydrogen) atoms. The van der Waals surface area contributed by atoms with E-state index in [1.54, 1.807) is 0 Å². The van der Waals surface area contributed by atoms with E-state index in [-0.39, 0.29) is 0 Å². The van der Waals surface area contributed by atoms with Crippen molar-refractivity contribution in [2.75, 3.05) is 0 Å². The van der Waals surface area contributed by atoms with Crippen LogP contribution in [0.4, 0.5) is 0 Å². The third-order valence-corrected chi connectivity index (χ3v) is 2.69. The second-order valence-corrected chi connectivity index (χ2v) is 3.85. The summed E-state index contributed by atoms with van der Waals surface area (Å²) in [5, 5.41) is 2.28. The Balaban J connectivity index is 2.41. The van der Waals surface area contributed by atoms with Gasteiger partial charge in [0.1, 0.15) is 0 Å². The highest BCUT2D eigenvalue weighted by molar-refractivity contribution is 5.87. The third-order valence-electron chi connectivity index (χ3n) is 2.69. The van der Waals surface area contributed by atoms with Gasteiger partial charge in [0.2, 0.25) is 5.91 Å². The van der Waals surface area contributed by atoms with Gasteiger partial charge in [0, 0.05) is 0 Å². The van der Waals surface area contributed by atoms with E-state index in [0.717, 1.165) is 16.3 Å². The topological polar surface area (TPSA) is 69.1 Å². The van der Waals surface area contributed by atoms with Crippen molar-refractivity contribution in [2.45, 2.75) is 12.5 Å². The lowest BCUT2D eigenvalue weighted by molar-refractivity contribution is -0.119. The SMILES string of the molecule is NC(=O)[C@@H](N)Cc1cccc2ccccc12. The zero-order valence-electron chi connectivity index (χ0n) is 8.89. The molecule has 3 heteroatoms. The van der Waals surface area contributed by atoms with Crippen molar-refractivity contribution in [3.63, 3.8) is 0 Å². The number of primary amides is 1. The molecule has 3 nitrogen and oxygen atoms in total. The fourth-order valence-electron chi connectivity index (χ4n) is 1.81. The highest BCUT2D eigenvalue weighted by Crippen LogP contribution is 2.19. The van der Waals surface area contributed by atoms with Crippen molar-refractivity contribution in [3.05, 3.63) is 48.0 Å². The summed E-state index contributed by atoms with van der Waals surface area (Å²) in [6, 6.07) is 13.4. The van der Waals surface area contributed by atoms with Gasteiger partial charge in [-0.1, -0.05) is 42.5 Å². The van der Waals surface area contributed by atoms with Crippen LogP contribution in [-0.2, 0) is 11.2 Å². The number of rotatable bonds is 3. The second-order valence-electron chi connectivity index (χ2n) is 3.85. The Labute approximate surface area is 94.0 Å². The minimum Gasteiger partial charge on any atom is -0.368 e. The number of hydrogen-bond donors (Lipinski definition) is 2. The highest BCUT2D eigenvalue weighted by Gasteiger charge is 2.11. The molecule has 0 radical (unpaired) electrons. The van der Waals surface area contributed by atoms with E-state index in [1.807, 2.05) is 42.5 Å². The quantitative estimate of drug-likeness (QED) is 0.805. The Hall–Kier alpha value is -1.87. The van der Waals surface area contributed by atoms with E-state index in [0.29, 0.717) is 6.42 Å². The average Bonchev–Trinajstić information content (AvgIpc) is 2.29. The first kappa shape index (κ1) is 10.6. The molecule has 0 heterocycles. The van der Waals surface area contributed by atoms with Crippen LogP contribution in [0.3, 0.4) is 0 Å². The molecule has 0 aliphatic carbocycles. The molecule has 2 rings (SSSR count).